The Kier molecular flexibility index (Phi) is 3.81. The van der Waals surface area contributed by atoms with Crippen LogP contribution < -0.4 is 0 Å². The van der Waals surface area contributed by atoms with Crippen molar-refractivity contribution in [2.24, 2.45) is 5.92 Å². The fourth-order valence-corrected chi connectivity index (χ4v) is 1.13. The van der Waals surface area contributed by atoms with E-state index < -0.39 is 0 Å². The van der Waals surface area contributed by atoms with Gasteiger partial charge in [0.05, 0.1) is 12.4 Å². The summed E-state index contributed by atoms with van der Waals surface area (Å²) in [4.78, 5) is 0. The molecule has 1 fully saturated rings. The first-order chi connectivity index (χ1) is 6.22. The summed E-state index contributed by atoms with van der Waals surface area (Å²) in [6.07, 6.45) is 8.50. The maximum absolute atomic E-state index is 5.57. The average Bonchev–Trinajstić information content (AvgIpc) is 2.84. The van der Waals surface area contributed by atoms with Crippen LogP contribution in [0.25, 0.3) is 0 Å². The molecule has 0 N–H and O–H groups in total. The van der Waals surface area contributed by atoms with Crippen LogP contribution >= 0.6 is 0 Å². The minimum Gasteiger partial charge on any atom is -0.498 e. The molecular formula is C12H18O. The van der Waals surface area contributed by atoms with Gasteiger partial charge in [-0.2, -0.15) is 0 Å². The van der Waals surface area contributed by atoms with E-state index in [2.05, 4.69) is 6.58 Å². The first kappa shape index (κ1) is 10.1. The van der Waals surface area contributed by atoms with Gasteiger partial charge < -0.3 is 4.74 Å². The van der Waals surface area contributed by atoms with Crippen molar-refractivity contribution in [1.29, 1.82) is 0 Å². The molecule has 1 nitrogen and oxygen atoms in total. The van der Waals surface area contributed by atoms with Crippen LogP contribution in [-0.2, 0) is 4.74 Å². The average molecular weight is 178 g/mol. The van der Waals surface area contributed by atoms with Crippen molar-refractivity contribution in [2.45, 2.75) is 26.7 Å². The van der Waals surface area contributed by atoms with E-state index in [4.69, 9.17) is 4.74 Å². The van der Waals surface area contributed by atoms with Crippen LogP contribution in [0.5, 0.6) is 0 Å². The normalized spacial score (nSPS) is 18.6. The van der Waals surface area contributed by atoms with E-state index in [-0.39, 0.29) is 0 Å². The highest BCUT2D eigenvalue weighted by atomic mass is 16.5. The summed E-state index contributed by atoms with van der Waals surface area (Å²) in [5, 5.41) is 0. The second-order valence-electron chi connectivity index (χ2n) is 3.66. The predicted molar refractivity (Wildman–Crippen MR) is 56.4 cm³/mol. The van der Waals surface area contributed by atoms with Gasteiger partial charge in [-0.15, -0.1) is 0 Å². The molecule has 0 radical (unpaired) electrons. The molecule has 1 aliphatic rings. The van der Waals surface area contributed by atoms with Gasteiger partial charge in [0, 0.05) is 0 Å². The molecule has 13 heavy (non-hydrogen) atoms. The highest BCUT2D eigenvalue weighted by Crippen LogP contribution is 2.29. The molecule has 0 atom stereocenters. The number of allylic oxidation sites excluding steroid dienone is 5. The molecule has 0 aromatic rings. The molecule has 72 valence electrons. The topological polar surface area (TPSA) is 9.23 Å². The molecule has 0 bridgehead atoms. The molecular weight excluding hydrogens is 160 g/mol. The minimum atomic E-state index is 0.826. The lowest BCUT2D eigenvalue weighted by atomic mass is 10.2. The van der Waals surface area contributed by atoms with Crippen molar-refractivity contribution >= 4 is 0 Å². The Balaban J connectivity index is 2.30. The number of hydrogen-bond donors (Lipinski definition) is 0. The van der Waals surface area contributed by atoms with Gasteiger partial charge in [0.25, 0.3) is 0 Å². The fraction of sp³-hybridized carbons (Fsp3) is 0.500. The molecule has 0 unspecified atom stereocenters. The molecule has 0 spiro atoms. The zero-order valence-corrected chi connectivity index (χ0v) is 8.55. The maximum Gasteiger partial charge on any atom is 0.0931 e. The zero-order chi connectivity index (χ0) is 9.68. The van der Waals surface area contributed by atoms with E-state index in [0.29, 0.717) is 0 Å². The van der Waals surface area contributed by atoms with Gasteiger partial charge in [-0.3, -0.25) is 0 Å². The molecule has 0 amide bonds. The van der Waals surface area contributed by atoms with Crippen molar-refractivity contribution in [3.63, 3.8) is 0 Å². The fourth-order valence-electron chi connectivity index (χ4n) is 1.13. The van der Waals surface area contributed by atoms with E-state index in [1.807, 2.05) is 26.0 Å². The molecule has 1 saturated carbocycles. The third-order valence-corrected chi connectivity index (χ3v) is 2.06. The molecule has 1 rings (SSSR count). The van der Waals surface area contributed by atoms with Crippen LogP contribution in [0, 0.1) is 5.92 Å². The van der Waals surface area contributed by atoms with E-state index in [1.165, 1.54) is 18.4 Å². The van der Waals surface area contributed by atoms with Crippen LogP contribution in [0.1, 0.15) is 26.7 Å². The van der Waals surface area contributed by atoms with Gasteiger partial charge in [0.2, 0.25) is 0 Å². The van der Waals surface area contributed by atoms with Crippen LogP contribution in [0.15, 0.2) is 36.1 Å². The van der Waals surface area contributed by atoms with Crippen molar-refractivity contribution in [2.75, 3.05) is 6.61 Å². The number of rotatable bonds is 5. The molecule has 0 aromatic carbocycles. The zero-order valence-electron chi connectivity index (χ0n) is 8.55. The lowest BCUT2D eigenvalue weighted by Crippen LogP contribution is -1.93. The van der Waals surface area contributed by atoms with Gasteiger partial charge in [-0.1, -0.05) is 18.7 Å². The van der Waals surface area contributed by atoms with Crippen LogP contribution in [0.2, 0.25) is 0 Å². The summed E-state index contributed by atoms with van der Waals surface area (Å²) in [6.45, 7) is 8.59. The lowest BCUT2D eigenvalue weighted by Gasteiger charge is -2.04. The first-order valence-electron chi connectivity index (χ1n) is 4.83. The smallest absolute Gasteiger partial charge is 0.0931 e. The first-order valence-corrected chi connectivity index (χ1v) is 4.83. The van der Waals surface area contributed by atoms with E-state index in [1.54, 1.807) is 6.08 Å². The molecule has 0 saturated heterocycles. The molecule has 0 aromatic heterocycles. The molecule has 0 aliphatic heterocycles. The maximum atomic E-state index is 5.57. The van der Waals surface area contributed by atoms with E-state index in [9.17, 15) is 0 Å². The standard InChI is InChI=1S/C12H18O/c1-4-5-10(2)8-11(3)13-9-12-6-7-12/h4-5,8,12H,1,6-7,9H2,2-3H3/b10-5-,11-8+. The number of ether oxygens (including phenoxy) is 1. The molecule has 0 heterocycles. The Hall–Kier alpha value is -0.980. The summed E-state index contributed by atoms with van der Waals surface area (Å²) >= 11 is 0. The molecule has 1 aliphatic carbocycles. The largest absolute Gasteiger partial charge is 0.498 e. The quantitative estimate of drug-likeness (QED) is 0.463. The highest BCUT2D eigenvalue weighted by molar-refractivity contribution is 5.21. The summed E-state index contributed by atoms with van der Waals surface area (Å²) in [5.74, 6) is 1.83. The van der Waals surface area contributed by atoms with Crippen molar-refractivity contribution in [3.8, 4) is 0 Å². The Labute approximate surface area is 80.8 Å². The second-order valence-corrected chi connectivity index (χ2v) is 3.66. The highest BCUT2D eigenvalue weighted by Gasteiger charge is 2.21. The van der Waals surface area contributed by atoms with Crippen molar-refractivity contribution in [3.05, 3.63) is 36.1 Å². The lowest BCUT2D eigenvalue weighted by molar-refractivity contribution is 0.201. The van der Waals surface area contributed by atoms with Gasteiger partial charge in [-0.05, 0) is 44.3 Å². The van der Waals surface area contributed by atoms with Gasteiger partial charge in [-0.25, -0.2) is 0 Å². The monoisotopic (exact) mass is 178 g/mol. The van der Waals surface area contributed by atoms with Gasteiger partial charge in [0.15, 0.2) is 0 Å². The van der Waals surface area contributed by atoms with E-state index in [0.717, 1.165) is 18.3 Å². The van der Waals surface area contributed by atoms with Crippen LogP contribution in [-0.4, -0.2) is 6.61 Å². The van der Waals surface area contributed by atoms with Gasteiger partial charge in [0.1, 0.15) is 0 Å². The Morgan fingerprint density at radius 3 is 2.69 bits per heavy atom. The Bertz CT molecular complexity index is 232. The summed E-state index contributed by atoms with van der Waals surface area (Å²) in [6, 6.07) is 0. The Morgan fingerprint density at radius 2 is 2.15 bits per heavy atom. The van der Waals surface area contributed by atoms with Crippen LogP contribution in [0.4, 0.5) is 0 Å². The summed E-state index contributed by atoms with van der Waals surface area (Å²) < 4.78 is 5.57. The van der Waals surface area contributed by atoms with Crippen molar-refractivity contribution < 1.29 is 4.74 Å². The molecule has 1 heteroatoms. The van der Waals surface area contributed by atoms with Crippen LogP contribution in [0.3, 0.4) is 0 Å². The predicted octanol–water partition coefficient (Wildman–Crippen LogP) is 3.45. The van der Waals surface area contributed by atoms with Crippen molar-refractivity contribution in [1.82, 2.24) is 0 Å². The third-order valence-electron chi connectivity index (χ3n) is 2.06. The summed E-state index contributed by atoms with van der Waals surface area (Å²) in [5.41, 5.74) is 1.18. The summed E-state index contributed by atoms with van der Waals surface area (Å²) in [7, 11) is 0. The van der Waals surface area contributed by atoms with Gasteiger partial charge >= 0.3 is 0 Å². The van der Waals surface area contributed by atoms with E-state index >= 15 is 0 Å². The third kappa shape index (κ3) is 4.56. The Morgan fingerprint density at radius 1 is 1.46 bits per heavy atom. The minimum absolute atomic E-state index is 0.826. The number of hydrogen-bond acceptors (Lipinski definition) is 1. The second kappa shape index (κ2) is 4.90. The SMILES string of the molecule is C=C/C=C(C)\C=C(/C)OCC1CC1.